The number of nitrogens with two attached hydrogens (primary N) is 1. The molecule has 0 amide bonds. The zero-order valence-corrected chi connectivity index (χ0v) is 12.7. The van der Waals surface area contributed by atoms with Crippen molar-refractivity contribution in [3.05, 3.63) is 10.4 Å². The van der Waals surface area contributed by atoms with Crippen molar-refractivity contribution in [1.82, 2.24) is 0 Å². The average molecular weight is 301 g/mol. The first kappa shape index (κ1) is 13.1. The van der Waals surface area contributed by atoms with E-state index in [9.17, 15) is 10.1 Å². The van der Waals surface area contributed by atoms with Gasteiger partial charge in [0.1, 0.15) is 16.6 Å². The van der Waals surface area contributed by atoms with Crippen molar-refractivity contribution in [3.8, 4) is 6.07 Å². The van der Waals surface area contributed by atoms with Gasteiger partial charge in [-0.1, -0.05) is 0 Å². The number of rotatable bonds is 6. The van der Waals surface area contributed by atoms with Crippen LogP contribution in [0, 0.1) is 29.1 Å². The molecule has 0 aromatic carbocycles. The largest absolute Gasteiger partial charge is 0.396 e. The van der Waals surface area contributed by atoms with Gasteiger partial charge in [0.25, 0.3) is 0 Å². The number of ketones is 1. The Kier molecular flexibility index (Phi) is 2.97. The second kappa shape index (κ2) is 4.74. The minimum atomic E-state index is 0.136. The molecule has 0 saturated heterocycles. The predicted molar refractivity (Wildman–Crippen MR) is 83.4 cm³/mol. The van der Waals surface area contributed by atoms with Crippen molar-refractivity contribution in [2.24, 2.45) is 17.8 Å². The molecule has 0 unspecified atom stereocenters. The van der Waals surface area contributed by atoms with E-state index in [1.807, 2.05) is 0 Å². The highest BCUT2D eigenvalue weighted by atomic mass is 32.1. The van der Waals surface area contributed by atoms with Gasteiger partial charge in [0.15, 0.2) is 5.78 Å². The van der Waals surface area contributed by atoms with Gasteiger partial charge in [-0.25, -0.2) is 0 Å². The van der Waals surface area contributed by atoms with Crippen LogP contribution in [0.2, 0.25) is 0 Å². The number of nitrogen functional groups attached to an aromatic ring is 1. The molecule has 3 aliphatic carbocycles. The molecule has 1 heterocycles. The van der Waals surface area contributed by atoms with E-state index in [1.54, 1.807) is 0 Å². The molecule has 3 saturated carbocycles. The molecule has 110 valence electrons. The highest BCUT2D eigenvalue weighted by molar-refractivity contribution is 7.19. The number of carbonyl (C=O) groups excluding carboxylic acids is 1. The molecule has 4 rings (SSSR count). The van der Waals surface area contributed by atoms with Crippen LogP contribution in [0.25, 0.3) is 0 Å². The Balaban J connectivity index is 1.62. The minimum Gasteiger partial charge on any atom is -0.396 e. The van der Waals surface area contributed by atoms with Gasteiger partial charge in [-0.15, -0.1) is 11.3 Å². The van der Waals surface area contributed by atoms with E-state index in [0.717, 1.165) is 29.7 Å². The number of anilines is 2. The third-order valence-corrected chi connectivity index (χ3v) is 5.94. The quantitative estimate of drug-likeness (QED) is 0.789. The van der Waals surface area contributed by atoms with E-state index in [2.05, 4.69) is 11.4 Å². The Morgan fingerprint density at radius 2 is 1.86 bits per heavy atom. The van der Waals surface area contributed by atoms with E-state index < -0.39 is 0 Å². The number of nitrogens with one attached hydrogen (secondary N) is 1. The standard InChI is InChI=1S/C16H19N3OS/c17-7-11-12(18)15(14(20)10-5-6-10)21-16(11)19-13(8-1-2-8)9-3-4-9/h8-10,13,19H,1-6,18H2. The number of Topliss-reactive ketones (excluding diaryl/α,β-unsaturated/α-hetero) is 1. The first-order chi connectivity index (χ1) is 10.2. The molecule has 1 aromatic rings. The van der Waals surface area contributed by atoms with Gasteiger partial charge in [0, 0.05) is 12.0 Å². The molecule has 21 heavy (non-hydrogen) atoms. The summed E-state index contributed by atoms with van der Waals surface area (Å²) in [6.07, 6.45) is 7.06. The smallest absolute Gasteiger partial charge is 0.178 e. The summed E-state index contributed by atoms with van der Waals surface area (Å²) in [7, 11) is 0. The maximum absolute atomic E-state index is 12.3. The summed E-state index contributed by atoms with van der Waals surface area (Å²) in [6.45, 7) is 0. The second-order valence-corrected chi connectivity index (χ2v) is 7.66. The zero-order chi connectivity index (χ0) is 14.6. The summed E-state index contributed by atoms with van der Waals surface area (Å²) >= 11 is 1.40. The molecule has 0 atom stereocenters. The predicted octanol–water partition coefficient (Wildman–Crippen LogP) is 3.40. The zero-order valence-electron chi connectivity index (χ0n) is 11.9. The van der Waals surface area contributed by atoms with Crippen LogP contribution in [-0.4, -0.2) is 11.8 Å². The fraction of sp³-hybridized carbons (Fsp3) is 0.625. The molecule has 3 aliphatic rings. The summed E-state index contributed by atoms with van der Waals surface area (Å²) in [5, 5.41) is 13.8. The Labute approximate surface area is 128 Å². The van der Waals surface area contributed by atoms with Crippen molar-refractivity contribution < 1.29 is 4.79 Å². The topological polar surface area (TPSA) is 78.9 Å². The number of carbonyl (C=O) groups is 1. The molecular formula is C16H19N3OS. The third-order valence-electron chi connectivity index (χ3n) is 4.79. The average Bonchev–Trinajstić information content (AvgIpc) is 3.35. The molecule has 0 spiro atoms. The summed E-state index contributed by atoms with van der Waals surface area (Å²) in [5.41, 5.74) is 6.94. The molecular weight excluding hydrogens is 282 g/mol. The van der Waals surface area contributed by atoms with Crippen LogP contribution in [0.15, 0.2) is 0 Å². The maximum Gasteiger partial charge on any atom is 0.178 e. The van der Waals surface area contributed by atoms with Crippen LogP contribution in [0.3, 0.4) is 0 Å². The second-order valence-electron chi connectivity index (χ2n) is 6.64. The van der Waals surface area contributed by atoms with E-state index in [1.165, 1.54) is 37.0 Å². The van der Waals surface area contributed by atoms with Crippen LogP contribution in [0.4, 0.5) is 10.7 Å². The van der Waals surface area contributed by atoms with Crippen molar-refractivity contribution in [2.75, 3.05) is 11.1 Å². The summed E-state index contributed by atoms with van der Waals surface area (Å²) in [5.74, 6) is 1.77. The molecule has 1 aromatic heterocycles. The number of nitriles is 1. The molecule has 3 fully saturated rings. The van der Waals surface area contributed by atoms with E-state index in [-0.39, 0.29) is 11.7 Å². The third kappa shape index (κ3) is 2.42. The van der Waals surface area contributed by atoms with Crippen LogP contribution in [-0.2, 0) is 0 Å². The lowest BCUT2D eigenvalue weighted by atomic mass is 10.1. The molecule has 0 radical (unpaired) electrons. The SMILES string of the molecule is N#Cc1c(NC(C2CC2)C2CC2)sc(C(=O)C2CC2)c1N. The Hall–Kier alpha value is -1.54. The van der Waals surface area contributed by atoms with E-state index >= 15 is 0 Å². The van der Waals surface area contributed by atoms with E-state index in [4.69, 9.17) is 5.73 Å². The molecule has 3 N–H and O–H groups in total. The van der Waals surface area contributed by atoms with Crippen molar-refractivity contribution >= 4 is 27.8 Å². The van der Waals surface area contributed by atoms with Crippen LogP contribution < -0.4 is 11.1 Å². The molecule has 0 bridgehead atoms. The van der Waals surface area contributed by atoms with Crippen LogP contribution in [0.5, 0.6) is 0 Å². The van der Waals surface area contributed by atoms with Gasteiger partial charge in [-0.3, -0.25) is 4.79 Å². The number of hydrogen-bond acceptors (Lipinski definition) is 5. The summed E-state index contributed by atoms with van der Waals surface area (Å²) < 4.78 is 0. The first-order valence-electron chi connectivity index (χ1n) is 7.82. The molecule has 0 aliphatic heterocycles. The monoisotopic (exact) mass is 301 g/mol. The Morgan fingerprint density at radius 1 is 1.24 bits per heavy atom. The van der Waals surface area contributed by atoms with Crippen molar-refractivity contribution in [3.63, 3.8) is 0 Å². The minimum absolute atomic E-state index is 0.136. The van der Waals surface area contributed by atoms with Gasteiger partial charge in [0.05, 0.1) is 10.6 Å². The number of nitrogens with zero attached hydrogens (tertiary/aromatic N) is 1. The van der Waals surface area contributed by atoms with Gasteiger partial charge in [-0.2, -0.15) is 5.26 Å². The van der Waals surface area contributed by atoms with Crippen LogP contribution >= 0.6 is 11.3 Å². The number of hydrogen-bond donors (Lipinski definition) is 2. The lowest BCUT2D eigenvalue weighted by molar-refractivity contribution is 0.0972. The van der Waals surface area contributed by atoms with Crippen LogP contribution in [0.1, 0.15) is 53.8 Å². The first-order valence-corrected chi connectivity index (χ1v) is 8.63. The van der Waals surface area contributed by atoms with Crippen molar-refractivity contribution in [1.29, 1.82) is 5.26 Å². The van der Waals surface area contributed by atoms with Gasteiger partial charge >= 0.3 is 0 Å². The fourth-order valence-electron chi connectivity index (χ4n) is 3.05. The van der Waals surface area contributed by atoms with Gasteiger partial charge < -0.3 is 11.1 Å². The highest BCUT2D eigenvalue weighted by Crippen LogP contribution is 2.48. The summed E-state index contributed by atoms with van der Waals surface area (Å²) in [6, 6.07) is 2.66. The lowest BCUT2D eigenvalue weighted by Crippen LogP contribution is -2.24. The Morgan fingerprint density at radius 3 is 2.33 bits per heavy atom. The highest BCUT2D eigenvalue weighted by Gasteiger charge is 2.42. The van der Waals surface area contributed by atoms with E-state index in [0.29, 0.717) is 22.2 Å². The van der Waals surface area contributed by atoms with Crippen molar-refractivity contribution in [2.45, 2.75) is 44.6 Å². The molecule has 4 nitrogen and oxygen atoms in total. The molecule has 5 heteroatoms. The maximum atomic E-state index is 12.3. The van der Waals surface area contributed by atoms with Gasteiger partial charge in [0.2, 0.25) is 0 Å². The van der Waals surface area contributed by atoms with Gasteiger partial charge in [-0.05, 0) is 50.4 Å². The number of thiophene rings is 1. The summed E-state index contributed by atoms with van der Waals surface area (Å²) in [4.78, 5) is 12.9. The fourth-order valence-corrected chi connectivity index (χ4v) is 4.19. The normalized spacial score (nSPS) is 21.3. The Bertz CT molecular complexity index is 621. The lowest BCUT2D eigenvalue weighted by Gasteiger charge is -2.17.